The molecule has 8 heteroatoms. The first-order chi connectivity index (χ1) is 14.3. The van der Waals surface area contributed by atoms with Gasteiger partial charge in [0.25, 0.3) is 5.91 Å². The molecular formula is C22H29N3O5. The second-order valence-electron chi connectivity index (χ2n) is 8.01. The summed E-state index contributed by atoms with van der Waals surface area (Å²) in [6.45, 7) is 9.49. The zero-order valence-corrected chi connectivity index (χ0v) is 17.9. The predicted molar refractivity (Wildman–Crippen MR) is 110 cm³/mol. The Kier molecular flexibility index (Phi) is 7.10. The zero-order valence-electron chi connectivity index (χ0n) is 17.9. The van der Waals surface area contributed by atoms with Crippen molar-refractivity contribution >= 4 is 11.8 Å². The normalized spacial score (nSPS) is 16.8. The number of hydrogen-bond donors (Lipinski definition) is 1. The Hall–Kier alpha value is -2.87. The molecule has 2 heterocycles. The van der Waals surface area contributed by atoms with Crippen molar-refractivity contribution in [1.82, 2.24) is 15.4 Å². The van der Waals surface area contributed by atoms with Gasteiger partial charge in [0.1, 0.15) is 24.7 Å². The Morgan fingerprint density at radius 3 is 2.90 bits per heavy atom. The molecule has 1 atom stereocenters. The summed E-state index contributed by atoms with van der Waals surface area (Å²) in [4.78, 5) is 26.4. The minimum Gasteiger partial charge on any atom is -0.489 e. The molecule has 1 N–H and O–H groups in total. The fourth-order valence-electron chi connectivity index (χ4n) is 3.31. The third-order valence-electron chi connectivity index (χ3n) is 4.87. The minimum absolute atomic E-state index is 0.0195. The van der Waals surface area contributed by atoms with Crippen LogP contribution in [-0.4, -0.2) is 54.2 Å². The van der Waals surface area contributed by atoms with Gasteiger partial charge in [-0.2, -0.15) is 0 Å². The summed E-state index contributed by atoms with van der Waals surface area (Å²) in [6, 6.07) is 7.68. The quantitative estimate of drug-likeness (QED) is 0.712. The molecular weight excluding hydrogens is 386 g/mol. The van der Waals surface area contributed by atoms with Crippen molar-refractivity contribution in [2.75, 3.05) is 26.2 Å². The van der Waals surface area contributed by atoms with E-state index in [1.54, 1.807) is 11.8 Å². The second kappa shape index (κ2) is 9.75. The van der Waals surface area contributed by atoms with Crippen molar-refractivity contribution in [3.63, 3.8) is 0 Å². The summed E-state index contributed by atoms with van der Waals surface area (Å²) in [5.41, 5.74) is 1.89. The molecule has 1 aromatic carbocycles. The van der Waals surface area contributed by atoms with Crippen LogP contribution in [0.25, 0.3) is 0 Å². The van der Waals surface area contributed by atoms with Gasteiger partial charge in [-0.1, -0.05) is 31.1 Å². The van der Waals surface area contributed by atoms with E-state index >= 15 is 0 Å². The molecule has 1 saturated heterocycles. The Labute approximate surface area is 176 Å². The standard InChI is InChI=1S/C22H29N3O5/c1-14(2)10-25-11-18(29-13-20(25)26)9-23-22(27)21-19(16(4)30-24-21)12-28-17-7-5-6-15(3)8-17/h5-8,14,18H,9-13H2,1-4H3,(H,23,27). The molecule has 162 valence electrons. The molecule has 1 aliphatic heterocycles. The first kappa shape index (κ1) is 21.8. The Balaban J connectivity index is 1.57. The molecule has 8 nitrogen and oxygen atoms in total. The molecule has 0 aliphatic carbocycles. The SMILES string of the molecule is Cc1cccc(OCc2c(C(=O)NCC3CN(CC(C)C)C(=O)CO3)noc2C)c1. The fraction of sp³-hybridized carbons (Fsp3) is 0.500. The lowest BCUT2D eigenvalue weighted by atomic mass is 10.1. The van der Waals surface area contributed by atoms with Gasteiger partial charge < -0.3 is 24.2 Å². The highest BCUT2D eigenvalue weighted by Gasteiger charge is 2.28. The Morgan fingerprint density at radius 2 is 2.17 bits per heavy atom. The number of rotatable bonds is 8. The van der Waals surface area contributed by atoms with Crippen LogP contribution < -0.4 is 10.1 Å². The summed E-state index contributed by atoms with van der Waals surface area (Å²) in [5, 5.41) is 6.74. The predicted octanol–water partition coefficient (Wildman–Crippen LogP) is 2.48. The zero-order chi connectivity index (χ0) is 21.7. The van der Waals surface area contributed by atoms with Crippen molar-refractivity contribution in [1.29, 1.82) is 0 Å². The van der Waals surface area contributed by atoms with E-state index in [0.717, 1.165) is 5.56 Å². The van der Waals surface area contributed by atoms with E-state index < -0.39 is 0 Å². The van der Waals surface area contributed by atoms with Gasteiger partial charge in [0.2, 0.25) is 5.91 Å². The molecule has 0 bridgehead atoms. The summed E-state index contributed by atoms with van der Waals surface area (Å²) in [5.74, 6) is 1.25. The largest absolute Gasteiger partial charge is 0.489 e. The van der Waals surface area contributed by atoms with E-state index in [4.69, 9.17) is 14.0 Å². The number of benzene rings is 1. The van der Waals surface area contributed by atoms with Crippen LogP contribution in [0.5, 0.6) is 5.75 Å². The Bertz CT molecular complexity index is 893. The number of morpholine rings is 1. The minimum atomic E-state index is -0.356. The topological polar surface area (TPSA) is 93.9 Å². The number of aryl methyl sites for hydroxylation is 2. The molecule has 0 saturated carbocycles. The lowest BCUT2D eigenvalue weighted by molar-refractivity contribution is -0.149. The van der Waals surface area contributed by atoms with Crippen LogP contribution in [0.2, 0.25) is 0 Å². The van der Waals surface area contributed by atoms with Crippen molar-refractivity contribution in [2.45, 2.75) is 40.4 Å². The van der Waals surface area contributed by atoms with Gasteiger partial charge >= 0.3 is 0 Å². The molecule has 1 aromatic heterocycles. The molecule has 0 radical (unpaired) electrons. The van der Waals surface area contributed by atoms with Gasteiger partial charge in [0.15, 0.2) is 5.69 Å². The highest BCUT2D eigenvalue weighted by Crippen LogP contribution is 2.19. The van der Waals surface area contributed by atoms with E-state index in [1.807, 2.05) is 31.2 Å². The fourth-order valence-corrected chi connectivity index (χ4v) is 3.31. The maximum atomic E-state index is 12.7. The Morgan fingerprint density at radius 1 is 1.37 bits per heavy atom. The van der Waals surface area contributed by atoms with Crippen molar-refractivity contribution in [3.05, 3.63) is 46.8 Å². The van der Waals surface area contributed by atoms with Gasteiger partial charge in [-0.05, 0) is 37.5 Å². The van der Waals surface area contributed by atoms with Gasteiger partial charge in [0.05, 0.1) is 11.7 Å². The average molecular weight is 415 g/mol. The number of nitrogens with one attached hydrogen (secondary N) is 1. The monoisotopic (exact) mass is 415 g/mol. The summed E-state index contributed by atoms with van der Waals surface area (Å²) in [7, 11) is 0. The van der Waals surface area contributed by atoms with Crippen LogP contribution in [0.3, 0.4) is 0 Å². The first-order valence-electron chi connectivity index (χ1n) is 10.2. The molecule has 0 spiro atoms. The number of amides is 2. The number of hydrogen-bond acceptors (Lipinski definition) is 6. The third-order valence-corrected chi connectivity index (χ3v) is 4.87. The molecule has 1 fully saturated rings. The summed E-state index contributed by atoms with van der Waals surface area (Å²) in [6.07, 6.45) is -0.259. The van der Waals surface area contributed by atoms with Crippen molar-refractivity contribution in [3.8, 4) is 5.75 Å². The number of carbonyl (C=O) groups excluding carboxylic acids is 2. The molecule has 1 aliphatic rings. The van der Waals surface area contributed by atoms with Crippen LogP contribution in [-0.2, 0) is 16.1 Å². The van der Waals surface area contributed by atoms with Gasteiger partial charge in [-0.3, -0.25) is 9.59 Å². The maximum absolute atomic E-state index is 12.7. The van der Waals surface area contributed by atoms with Crippen LogP contribution in [0.4, 0.5) is 0 Å². The highest BCUT2D eigenvalue weighted by molar-refractivity contribution is 5.93. The number of ether oxygens (including phenoxy) is 2. The van der Waals surface area contributed by atoms with E-state index in [2.05, 4.69) is 24.3 Å². The van der Waals surface area contributed by atoms with Gasteiger partial charge in [-0.25, -0.2) is 0 Å². The van der Waals surface area contributed by atoms with Gasteiger partial charge in [0, 0.05) is 19.6 Å². The summed E-state index contributed by atoms with van der Waals surface area (Å²) < 4.78 is 16.6. The highest BCUT2D eigenvalue weighted by atomic mass is 16.5. The first-order valence-corrected chi connectivity index (χ1v) is 10.2. The van der Waals surface area contributed by atoms with Gasteiger partial charge in [-0.15, -0.1) is 0 Å². The van der Waals surface area contributed by atoms with E-state index in [1.165, 1.54) is 0 Å². The lowest BCUT2D eigenvalue weighted by Gasteiger charge is -2.33. The molecule has 30 heavy (non-hydrogen) atoms. The summed E-state index contributed by atoms with van der Waals surface area (Å²) >= 11 is 0. The van der Waals surface area contributed by atoms with E-state index in [9.17, 15) is 9.59 Å². The lowest BCUT2D eigenvalue weighted by Crippen LogP contribution is -2.51. The van der Waals surface area contributed by atoms with E-state index in [-0.39, 0.29) is 43.4 Å². The number of nitrogens with zero attached hydrogens (tertiary/aromatic N) is 2. The number of carbonyl (C=O) groups is 2. The smallest absolute Gasteiger partial charge is 0.273 e. The second-order valence-corrected chi connectivity index (χ2v) is 8.01. The van der Waals surface area contributed by atoms with Crippen molar-refractivity contribution in [2.24, 2.45) is 5.92 Å². The average Bonchev–Trinajstić information content (AvgIpc) is 3.07. The van der Waals surface area contributed by atoms with E-state index in [0.29, 0.717) is 36.1 Å². The number of aromatic nitrogens is 1. The van der Waals surface area contributed by atoms with Crippen LogP contribution in [0.15, 0.2) is 28.8 Å². The maximum Gasteiger partial charge on any atom is 0.273 e. The van der Waals surface area contributed by atoms with Crippen molar-refractivity contribution < 1.29 is 23.6 Å². The molecule has 2 amide bonds. The third kappa shape index (κ3) is 5.60. The molecule has 1 unspecified atom stereocenters. The van der Waals surface area contributed by atoms with Crippen LogP contribution >= 0.6 is 0 Å². The van der Waals surface area contributed by atoms with Crippen LogP contribution in [0.1, 0.15) is 41.2 Å². The molecule has 2 aromatic rings. The van der Waals surface area contributed by atoms with Crippen LogP contribution in [0, 0.1) is 19.8 Å². The molecule has 3 rings (SSSR count).